The highest BCUT2D eigenvalue weighted by molar-refractivity contribution is 6.01. The van der Waals surface area contributed by atoms with Crippen LogP contribution >= 0.6 is 0 Å². The SMILES string of the molecule is Cc1ccc(-n2nc(C(=O)O)c(C(=O)O)c2C)cc1C. The van der Waals surface area contributed by atoms with Crippen molar-refractivity contribution in [2.24, 2.45) is 0 Å². The number of benzene rings is 1. The summed E-state index contributed by atoms with van der Waals surface area (Å²) in [5, 5.41) is 22.1. The molecule has 0 saturated carbocycles. The second-order valence-corrected chi connectivity index (χ2v) is 4.60. The Morgan fingerprint density at radius 2 is 1.70 bits per heavy atom. The molecule has 6 heteroatoms. The van der Waals surface area contributed by atoms with Crippen molar-refractivity contribution in [1.82, 2.24) is 9.78 Å². The number of carboxylic acid groups (broad SMARTS) is 2. The molecule has 0 radical (unpaired) electrons. The first-order chi connectivity index (χ1) is 9.32. The van der Waals surface area contributed by atoms with Crippen LogP contribution in [0.2, 0.25) is 0 Å². The number of nitrogens with zero attached hydrogens (tertiary/aromatic N) is 2. The molecule has 2 aromatic rings. The summed E-state index contributed by atoms with van der Waals surface area (Å²) in [5.41, 5.74) is 2.31. The third-order valence-electron chi connectivity index (χ3n) is 3.27. The molecule has 1 aromatic heterocycles. The smallest absolute Gasteiger partial charge is 0.357 e. The Balaban J connectivity index is 2.69. The number of carbonyl (C=O) groups is 2. The average molecular weight is 274 g/mol. The van der Waals surface area contributed by atoms with Crippen LogP contribution in [0.4, 0.5) is 0 Å². The summed E-state index contributed by atoms with van der Waals surface area (Å²) in [4.78, 5) is 22.3. The Morgan fingerprint density at radius 1 is 1.05 bits per heavy atom. The van der Waals surface area contributed by atoms with Crippen molar-refractivity contribution < 1.29 is 19.8 Å². The van der Waals surface area contributed by atoms with E-state index in [1.807, 2.05) is 26.0 Å². The van der Waals surface area contributed by atoms with E-state index in [0.29, 0.717) is 5.69 Å². The van der Waals surface area contributed by atoms with E-state index in [2.05, 4.69) is 5.10 Å². The third-order valence-corrected chi connectivity index (χ3v) is 3.27. The first-order valence-corrected chi connectivity index (χ1v) is 5.96. The number of aromatic carboxylic acids is 2. The lowest BCUT2D eigenvalue weighted by Gasteiger charge is -2.07. The zero-order chi connectivity index (χ0) is 15.0. The van der Waals surface area contributed by atoms with E-state index >= 15 is 0 Å². The topological polar surface area (TPSA) is 92.4 Å². The van der Waals surface area contributed by atoms with Gasteiger partial charge in [0.2, 0.25) is 0 Å². The van der Waals surface area contributed by atoms with Gasteiger partial charge < -0.3 is 10.2 Å². The van der Waals surface area contributed by atoms with Crippen molar-refractivity contribution in [3.63, 3.8) is 0 Å². The molecule has 0 aliphatic heterocycles. The summed E-state index contributed by atoms with van der Waals surface area (Å²) in [6.07, 6.45) is 0. The molecular weight excluding hydrogens is 260 g/mol. The minimum atomic E-state index is -1.35. The molecule has 0 fully saturated rings. The van der Waals surface area contributed by atoms with E-state index in [1.165, 1.54) is 11.6 Å². The summed E-state index contributed by atoms with van der Waals surface area (Å²) in [5.74, 6) is -2.65. The number of hydrogen-bond donors (Lipinski definition) is 2. The summed E-state index contributed by atoms with van der Waals surface area (Å²) < 4.78 is 1.35. The highest BCUT2D eigenvalue weighted by atomic mass is 16.4. The molecule has 0 aliphatic rings. The Labute approximate surface area is 115 Å². The number of rotatable bonds is 3. The summed E-state index contributed by atoms with van der Waals surface area (Å²) in [6, 6.07) is 5.50. The van der Waals surface area contributed by atoms with E-state index in [1.54, 1.807) is 6.07 Å². The number of aromatic nitrogens is 2. The van der Waals surface area contributed by atoms with Gasteiger partial charge in [0.15, 0.2) is 5.69 Å². The second-order valence-electron chi connectivity index (χ2n) is 4.60. The van der Waals surface area contributed by atoms with Crippen molar-refractivity contribution in [2.45, 2.75) is 20.8 Å². The minimum Gasteiger partial charge on any atom is -0.478 e. The predicted molar refractivity (Wildman–Crippen MR) is 71.7 cm³/mol. The molecule has 0 atom stereocenters. The third kappa shape index (κ3) is 2.16. The zero-order valence-corrected chi connectivity index (χ0v) is 11.3. The van der Waals surface area contributed by atoms with E-state index in [9.17, 15) is 9.59 Å². The molecule has 2 rings (SSSR count). The van der Waals surface area contributed by atoms with Crippen LogP contribution in [0.3, 0.4) is 0 Å². The molecule has 2 N–H and O–H groups in total. The molecule has 0 aliphatic carbocycles. The van der Waals surface area contributed by atoms with Crippen molar-refractivity contribution in [3.05, 3.63) is 46.3 Å². The normalized spacial score (nSPS) is 10.6. The van der Waals surface area contributed by atoms with Gasteiger partial charge in [-0.05, 0) is 44.0 Å². The van der Waals surface area contributed by atoms with Gasteiger partial charge in [0.05, 0.1) is 11.4 Å². The molecule has 0 saturated heterocycles. The van der Waals surface area contributed by atoms with E-state index in [-0.39, 0.29) is 11.3 Å². The molecule has 6 nitrogen and oxygen atoms in total. The Bertz CT molecular complexity index is 716. The average Bonchev–Trinajstić information content (AvgIpc) is 2.71. The molecule has 0 amide bonds. The fourth-order valence-corrected chi connectivity index (χ4v) is 2.02. The van der Waals surface area contributed by atoms with Crippen LogP contribution in [0.15, 0.2) is 18.2 Å². The first-order valence-electron chi connectivity index (χ1n) is 5.96. The number of carboxylic acids is 2. The van der Waals surface area contributed by atoms with Gasteiger partial charge in [-0.1, -0.05) is 6.07 Å². The van der Waals surface area contributed by atoms with Gasteiger partial charge in [-0.2, -0.15) is 5.10 Å². The van der Waals surface area contributed by atoms with Crippen molar-refractivity contribution in [3.8, 4) is 5.69 Å². The van der Waals surface area contributed by atoms with Crippen molar-refractivity contribution >= 4 is 11.9 Å². The lowest BCUT2D eigenvalue weighted by molar-refractivity contribution is 0.0648. The highest BCUT2D eigenvalue weighted by Crippen LogP contribution is 2.20. The largest absolute Gasteiger partial charge is 0.478 e. The molecule has 20 heavy (non-hydrogen) atoms. The van der Waals surface area contributed by atoms with Gasteiger partial charge in [-0.25, -0.2) is 14.3 Å². The van der Waals surface area contributed by atoms with Crippen LogP contribution in [0.25, 0.3) is 5.69 Å². The molecule has 1 aromatic carbocycles. The van der Waals surface area contributed by atoms with Crippen LogP contribution in [-0.2, 0) is 0 Å². The minimum absolute atomic E-state index is 0.282. The van der Waals surface area contributed by atoms with Crippen LogP contribution in [0.5, 0.6) is 0 Å². The van der Waals surface area contributed by atoms with Crippen molar-refractivity contribution in [2.75, 3.05) is 0 Å². The fraction of sp³-hybridized carbons (Fsp3) is 0.214. The monoisotopic (exact) mass is 274 g/mol. The van der Waals surface area contributed by atoms with Gasteiger partial charge >= 0.3 is 11.9 Å². The molecule has 104 valence electrons. The predicted octanol–water partition coefficient (Wildman–Crippen LogP) is 2.19. The van der Waals surface area contributed by atoms with Gasteiger partial charge in [0.25, 0.3) is 0 Å². The van der Waals surface area contributed by atoms with Crippen molar-refractivity contribution in [1.29, 1.82) is 0 Å². The quantitative estimate of drug-likeness (QED) is 0.895. The fourth-order valence-electron chi connectivity index (χ4n) is 2.02. The molecule has 0 unspecified atom stereocenters. The molecular formula is C14H14N2O4. The Morgan fingerprint density at radius 3 is 2.15 bits per heavy atom. The van der Waals surface area contributed by atoms with E-state index < -0.39 is 17.6 Å². The van der Waals surface area contributed by atoms with Gasteiger partial charge in [0, 0.05) is 0 Å². The highest BCUT2D eigenvalue weighted by Gasteiger charge is 2.25. The number of hydrogen-bond acceptors (Lipinski definition) is 3. The lowest BCUT2D eigenvalue weighted by Crippen LogP contribution is -2.07. The van der Waals surface area contributed by atoms with Crippen LogP contribution < -0.4 is 0 Å². The summed E-state index contributed by atoms with van der Waals surface area (Å²) >= 11 is 0. The van der Waals surface area contributed by atoms with Gasteiger partial charge in [-0.15, -0.1) is 0 Å². The summed E-state index contributed by atoms with van der Waals surface area (Å²) in [7, 11) is 0. The van der Waals surface area contributed by atoms with E-state index in [4.69, 9.17) is 10.2 Å². The number of aryl methyl sites for hydroxylation is 2. The standard InChI is InChI=1S/C14H14N2O4/c1-7-4-5-10(6-8(7)2)16-9(3)11(13(17)18)12(15-16)14(19)20/h4-6H,1-3H3,(H,17,18)(H,19,20). The molecule has 0 bridgehead atoms. The second kappa shape index (κ2) is 4.80. The maximum absolute atomic E-state index is 11.2. The first kappa shape index (κ1) is 13.8. The van der Waals surface area contributed by atoms with Crippen LogP contribution in [0.1, 0.15) is 37.7 Å². The molecule has 0 spiro atoms. The van der Waals surface area contributed by atoms with Gasteiger partial charge in [0.1, 0.15) is 5.56 Å². The van der Waals surface area contributed by atoms with Gasteiger partial charge in [-0.3, -0.25) is 0 Å². The zero-order valence-electron chi connectivity index (χ0n) is 11.3. The van der Waals surface area contributed by atoms with Crippen LogP contribution in [0, 0.1) is 20.8 Å². The molecule has 1 heterocycles. The Hall–Kier alpha value is -2.63. The maximum Gasteiger partial charge on any atom is 0.357 e. The lowest BCUT2D eigenvalue weighted by atomic mass is 10.1. The maximum atomic E-state index is 11.2. The van der Waals surface area contributed by atoms with Crippen LogP contribution in [-0.4, -0.2) is 31.9 Å². The Kier molecular flexibility index (Phi) is 3.31. The van der Waals surface area contributed by atoms with E-state index in [0.717, 1.165) is 11.1 Å². The summed E-state index contributed by atoms with van der Waals surface area (Å²) in [6.45, 7) is 5.42.